The second-order valence-corrected chi connectivity index (χ2v) is 5.79. The van der Waals surface area contributed by atoms with E-state index < -0.39 is 0 Å². The van der Waals surface area contributed by atoms with Crippen LogP contribution in [0.5, 0.6) is 0 Å². The Balaban J connectivity index is 1.94. The third-order valence-corrected chi connectivity index (χ3v) is 4.11. The molecule has 1 aliphatic rings. The first-order valence-corrected chi connectivity index (χ1v) is 7.80. The molecule has 0 saturated heterocycles. The number of rotatable bonds is 6. The summed E-state index contributed by atoms with van der Waals surface area (Å²) in [6.07, 6.45) is 5.80. The minimum atomic E-state index is -0.0598. The molecule has 1 aromatic rings. The Bertz CT molecular complexity index is 474. The number of allylic oxidation sites excluding steroid dienone is 2. The van der Waals surface area contributed by atoms with Crippen molar-refractivity contribution < 1.29 is 9.59 Å². The summed E-state index contributed by atoms with van der Waals surface area (Å²) in [6, 6.07) is 2.04. The fourth-order valence-corrected chi connectivity index (χ4v) is 2.97. The van der Waals surface area contributed by atoms with Gasteiger partial charge in [-0.1, -0.05) is 12.2 Å². The van der Waals surface area contributed by atoms with E-state index in [0.29, 0.717) is 19.6 Å². The SMILES string of the molecule is CC(=O)NCCN(Cc1ccsc1)C(=O)C1CC=CC1. The van der Waals surface area contributed by atoms with E-state index in [4.69, 9.17) is 0 Å². The fraction of sp³-hybridized carbons (Fsp3) is 0.467. The zero-order chi connectivity index (χ0) is 14.4. The van der Waals surface area contributed by atoms with E-state index in [9.17, 15) is 9.59 Å². The molecule has 5 heteroatoms. The lowest BCUT2D eigenvalue weighted by Crippen LogP contribution is -2.40. The highest BCUT2D eigenvalue weighted by Crippen LogP contribution is 2.21. The summed E-state index contributed by atoms with van der Waals surface area (Å²) >= 11 is 1.63. The fourth-order valence-electron chi connectivity index (χ4n) is 2.31. The van der Waals surface area contributed by atoms with Gasteiger partial charge in [-0.05, 0) is 35.2 Å². The maximum absolute atomic E-state index is 12.5. The van der Waals surface area contributed by atoms with Gasteiger partial charge < -0.3 is 10.2 Å². The summed E-state index contributed by atoms with van der Waals surface area (Å²) in [6.45, 7) is 3.18. The standard InChI is InChI=1S/C15H20N2O2S/c1-12(18)16-7-8-17(10-13-6-9-20-11-13)15(19)14-4-2-3-5-14/h2-3,6,9,11,14H,4-5,7-8,10H2,1H3,(H,16,18). The number of amides is 2. The molecule has 1 aliphatic carbocycles. The van der Waals surface area contributed by atoms with Crippen LogP contribution in [0.1, 0.15) is 25.3 Å². The van der Waals surface area contributed by atoms with Crippen molar-refractivity contribution in [3.63, 3.8) is 0 Å². The van der Waals surface area contributed by atoms with Crippen molar-refractivity contribution >= 4 is 23.2 Å². The molecule has 0 saturated carbocycles. The number of nitrogens with zero attached hydrogens (tertiary/aromatic N) is 1. The van der Waals surface area contributed by atoms with E-state index >= 15 is 0 Å². The van der Waals surface area contributed by atoms with E-state index in [2.05, 4.69) is 22.8 Å². The number of thiophene rings is 1. The summed E-state index contributed by atoms with van der Waals surface area (Å²) in [4.78, 5) is 25.3. The Morgan fingerprint density at radius 3 is 2.75 bits per heavy atom. The van der Waals surface area contributed by atoms with Gasteiger partial charge in [0.1, 0.15) is 0 Å². The van der Waals surface area contributed by atoms with Crippen molar-refractivity contribution in [3.05, 3.63) is 34.5 Å². The van der Waals surface area contributed by atoms with Crippen molar-refractivity contribution in [1.29, 1.82) is 0 Å². The Labute approximate surface area is 123 Å². The first-order valence-electron chi connectivity index (χ1n) is 6.86. The summed E-state index contributed by atoms with van der Waals surface area (Å²) in [7, 11) is 0. The van der Waals surface area contributed by atoms with Gasteiger partial charge in [0.2, 0.25) is 11.8 Å². The Morgan fingerprint density at radius 2 is 2.15 bits per heavy atom. The Kier molecular flexibility index (Phi) is 5.35. The minimum absolute atomic E-state index is 0.0598. The van der Waals surface area contributed by atoms with Crippen LogP contribution in [0, 0.1) is 5.92 Å². The van der Waals surface area contributed by atoms with Crippen molar-refractivity contribution in [2.75, 3.05) is 13.1 Å². The van der Waals surface area contributed by atoms with E-state index in [1.807, 2.05) is 16.3 Å². The van der Waals surface area contributed by atoms with Gasteiger partial charge in [-0.25, -0.2) is 0 Å². The molecule has 0 spiro atoms. The van der Waals surface area contributed by atoms with Gasteiger partial charge in [0, 0.05) is 32.5 Å². The highest BCUT2D eigenvalue weighted by atomic mass is 32.1. The van der Waals surface area contributed by atoms with Crippen LogP contribution in [-0.2, 0) is 16.1 Å². The average Bonchev–Trinajstić information content (AvgIpc) is 3.09. The third-order valence-electron chi connectivity index (χ3n) is 3.38. The van der Waals surface area contributed by atoms with Crippen LogP contribution < -0.4 is 5.32 Å². The molecule has 1 heterocycles. The topological polar surface area (TPSA) is 49.4 Å². The normalized spacial score (nSPS) is 14.4. The first kappa shape index (κ1) is 14.8. The van der Waals surface area contributed by atoms with Gasteiger partial charge in [-0.15, -0.1) is 0 Å². The second-order valence-electron chi connectivity index (χ2n) is 5.01. The molecule has 0 aliphatic heterocycles. The van der Waals surface area contributed by atoms with E-state index in [-0.39, 0.29) is 17.7 Å². The predicted molar refractivity (Wildman–Crippen MR) is 80.3 cm³/mol. The van der Waals surface area contributed by atoms with Crippen LogP contribution in [0.15, 0.2) is 29.0 Å². The average molecular weight is 292 g/mol. The van der Waals surface area contributed by atoms with E-state index in [1.54, 1.807) is 11.3 Å². The smallest absolute Gasteiger partial charge is 0.226 e. The first-order chi connectivity index (χ1) is 9.66. The highest BCUT2D eigenvalue weighted by Gasteiger charge is 2.24. The molecule has 0 radical (unpaired) electrons. The monoisotopic (exact) mass is 292 g/mol. The van der Waals surface area contributed by atoms with Crippen molar-refractivity contribution in [2.45, 2.75) is 26.3 Å². The minimum Gasteiger partial charge on any atom is -0.355 e. The van der Waals surface area contributed by atoms with Gasteiger partial charge in [-0.2, -0.15) is 11.3 Å². The molecule has 0 unspecified atom stereocenters. The van der Waals surface area contributed by atoms with Crippen LogP contribution >= 0.6 is 11.3 Å². The molecule has 108 valence electrons. The van der Waals surface area contributed by atoms with Crippen LogP contribution in [0.4, 0.5) is 0 Å². The Hall–Kier alpha value is -1.62. The second kappa shape index (κ2) is 7.24. The number of carbonyl (C=O) groups excluding carboxylic acids is 2. The Morgan fingerprint density at radius 1 is 1.40 bits per heavy atom. The van der Waals surface area contributed by atoms with Crippen LogP contribution in [0.2, 0.25) is 0 Å². The molecule has 0 atom stereocenters. The van der Waals surface area contributed by atoms with Crippen molar-refractivity contribution in [3.8, 4) is 0 Å². The van der Waals surface area contributed by atoms with Crippen LogP contribution in [-0.4, -0.2) is 29.8 Å². The molecule has 2 rings (SSSR count). The lowest BCUT2D eigenvalue weighted by atomic mass is 10.1. The van der Waals surface area contributed by atoms with Gasteiger partial charge in [0.05, 0.1) is 0 Å². The predicted octanol–water partition coefficient (Wildman–Crippen LogP) is 2.18. The molecule has 1 N–H and O–H groups in total. The van der Waals surface area contributed by atoms with Gasteiger partial charge in [-0.3, -0.25) is 9.59 Å². The van der Waals surface area contributed by atoms with Gasteiger partial charge in [0.15, 0.2) is 0 Å². The number of hydrogen-bond acceptors (Lipinski definition) is 3. The van der Waals surface area contributed by atoms with Crippen molar-refractivity contribution in [2.24, 2.45) is 5.92 Å². The summed E-state index contributed by atoms with van der Waals surface area (Å²) in [5.74, 6) is 0.202. The molecule has 0 fully saturated rings. The number of carbonyl (C=O) groups is 2. The molecular weight excluding hydrogens is 272 g/mol. The maximum Gasteiger partial charge on any atom is 0.226 e. The number of hydrogen-bond donors (Lipinski definition) is 1. The van der Waals surface area contributed by atoms with Crippen molar-refractivity contribution in [1.82, 2.24) is 10.2 Å². The highest BCUT2D eigenvalue weighted by molar-refractivity contribution is 7.07. The van der Waals surface area contributed by atoms with Crippen LogP contribution in [0.25, 0.3) is 0 Å². The van der Waals surface area contributed by atoms with E-state index in [0.717, 1.165) is 18.4 Å². The molecule has 0 aromatic carbocycles. The lowest BCUT2D eigenvalue weighted by Gasteiger charge is -2.25. The maximum atomic E-state index is 12.5. The molecule has 0 bridgehead atoms. The quantitative estimate of drug-likeness (QED) is 0.817. The lowest BCUT2D eigenvalue weighted by molar-refractivity contribution is -0.136. The molecule has 2 amide bonds. The summed E-state index contributed by atoms with van der Waals surface area (Å²) < 4.78 is 0. The number of nitrogens with one attached hydrogen (secondary N) is 1. The third kappa shape index (κ3) is 4.20. The summed E-state index contributed by atoms with van der Waals surface area (Å²) in [5.41, 5.74) is 1.15. The van der Waals surface area contributed by atoms with Gasteiger partial charge >= 0.3 is 0 Å². The molecular formula is C15H20N2O2S. The molecule has 4 nitrogen and oxygen atoms in total. The molecule has 20 heavy (non-hydrogen) atoms. The zero-order valence-electron chi connectivity index (χ0n) is 11.7. The zero-order valence-corrected chi connectivity index (χ0v) is 12.5. The largest absolute Gasteiger partial charge is 0.355 e. The summed E-state index contributed by atoms with van der Waals surface area (Å²) in [5, 5.41) is 6.83. The van der Waals surface area contributed by atoms with Crippen LogP contribution in [0.3, 0.4) is 0 Å². The van der Waals surface area contributed by atoms with E-state index in [1.165, 1.54) is 6.92 Å². The van der Waals surface area contributed by atoms with Gasteiger partial charge in [0.25, 0.3) is 0 Å². The molecule has 1 aromatic heterocycles.